The van der Waals surface area contributed by atoms with Gasteiger partial charge < -0.3 is 0 Å². The first-order chi connectivity index (χ1) is 7.58. The maximum atomic E-state index is 2.48. The maximum absolute atomic E-state index is 2.48. The fourth-order valence-corrected chi connectivity index (χ4v) is 3.38. The van der Waals surface area contributed by atoms with E-state index < -0.39 is 8.07 Å². The number of rotatable bonds is 4. The van der Waals surface area contributed by atoms with Crippen LogP contribution in [0.3, 0.4) is 0 Å². The van der Waals surface area contributed by atoms with Gasteiger partial charge in [-0.05, 0) is 18.4 Å². The molecule has 1 fully saturated rings. The molecule has 0 atom stereocenters. The minimum Gasteiger partial charge on any atom is -0.0912 e. The van der Waals surface area contributed by atoms with Crippen LogP contribution in [0, 0.1) is 5.92 Å². The zero-order valence-electron chi connectivity index (χ0n) is 11.6. The molecule has 1 aliphatic carbocycles. The van der Waals surface area contributed by atoms with Gasteiger partial charge in [0, 0.05) is 8.07 Å². The lowest BCUT2D eigenvalue weighted by Gasteiger charge is -2.18. The van der Waals surface area contributed by atoms with Gasteiger partial charge in [0.25, 0.3) is 0 Å². The molecule has 0 N–H and O–H groups in total. The SMILES string of the molecule is C[Si](C)(C)CC=CCC1CCCCCCC1. The first-order valence-corrected chi connectivity index (χ1v) is 10.9. The molecule has 16 heavy (non-hydrogen) atoms. The predicted octanol–water partition coefficient (Wildman–Crippen LogP) is 5.63. The van der Waals surface area contributed by atoms with Crippen molar-refractivity contribution >= 4 is 8.07 Å². The van der Waals surface area contributed by atoms with Crippen LogP contribution in [-0.2, 0) is 0 Å². The van der Waals surface area contributed by atoms with Gasteiger partial charge in [0.1, 0.15) is 0 Å². The van der Waals surface area contributed by atoms with E-state index >= 15 is 0 Å². The van der Waals surface area contributed by atoms with E-state index in [9.17, 15) is 0 Å². The largest absolute Gasteiger partial charge is 0.0912 e. The molecule has 94 valence electrons. The summed E-state index contributed by atoms with van der Waals surface area (Å²) in [7, 11) is -0.849. The summed E-state index contributed by atoms with van der Waals surface area (Å²) >= 11 is 0. The lowest BCUT2D eigenvalue weighted by atomic mass is 9.89. The molecule has 0 amide bonds. The van der Waals surface area contributed by atoms with Crippen LogP contribution in [0.4, 0.5) is 0 Å². The van der Waals surface area contributed by atoms with Gasteiger partial charge in [-0.1, -0.05) is 76.7 Å². The topological polar surface area (TPSA) is 0 Å². The lowest BCUT2D eigenvalue weighted by molar-refractivity contribution is 0.381. The zero-order valence-corrected chi connectivity index (χ0v) is 12.6. The lowest BCUT2D eigenvalue weighted by Crippen LogP contribution is -2.17. The molecule has 1 heteroatoms. The second-order valence-electron chi connectivity index (χ2n) is 6.68. The van der Waals surface area contributed by atoms with E-state index in [1.54, 1.807) is 0 Å². The highest BCUT2D eigenvalue weighted by Gasteiger charge is 2.11. The molecule has 0 heterocycles. The van der Waals surface area contributed by atoms with Crippen molar-refractivity contribution in [2.45, 2.75) is 77.1 Å². The first kappa shape index (κ1) is 14.0. The Hall–Kier alpha value is -0.0431. The molecule has 0 aromatic rings. The average Bonchev–Trinajstić information content (AvgIpc) is 2.13. The highest BCUT2D eigenvalue weighted by molar-refractivity contribution is 6.76. The molecular weight excluding hydrogens is 208 g/mol. The smallest absolute Gasteiger partial charge is 0.0480 e. The average molecular weight is 238 g/mol. The first-order valence-electron chi connectivity index (χ1n) is 7.23. The van der Waals surface area contributed by atoms with Crippen molar-refractivity contribution in [1.29, 1.82) is 0 Å². The number of hydrogen-bond acceptors (Lipinski definition) is 0. The summed E-state index contributed by atoms with van der Waals surface area (Å²) in [4.78, 5) is 0. The molecule has 0 aliphatic heterocycles. The van der Waals surface area contributed by atoms with E-state index in [1.807, 2.05) is 0 Å². The molecule has 0 nitrogen and oxygen atoms in total. The summed E-state index contributed by atoms with van der Waals surface area (Å²) in [6.45, 7) is 7.35. The summed E-state index contributed by atoms with van der Waals surface area (Å²) in [5.74, 6) is 0.998. The summed E-state index contributed by atoms with van der Waals surface area (Å²) in [5, 5.41) is 0. The number of hydrogen-bond donors (Lipinski definition) is 0. The highest BCUT2D eigenvalue weighted by Crippen LogP contribution is 2.25. The van der Waals surface area contributed by atoms with Gasteiger partial charge in [0.05, 0.1) is 0 Å². The van der Waals surface area contributed by atoms with Crippen molar-refractivity contribution in [1.82, 2.24) is 0 Å². The van der Waals surface area contributed by atoms with Crippen LogP contribution in [0.2, 0.25) is 25.7 Å². The van der Waals surface area contributed by atoms with E-state index in [0.29, 0.717) is 0 Å². The van der Waals surface area contributed by atoms with E-state index in [-0.39, 0.29) is 0 Å². The summed E-state index contributed by atoms with van der Waals surface area (Å²) in [6.07, 6.45) is 16.7. The maximum Gasteiger partial charge on any atom is 0.0480 e. The second-order valence-corrected chi connectivity index (χ2v) is 12.2. The Bertz CT molecular complexity index is 192. The molecule has 0 radical (unpaired) electrons. The molecule has 1 aliphatic rings. The quantitative estimate of drug-likeness (QED) is 0.440. The molecule has 1 rings (SSSR count). The van der Waals surface area contributed by atoms with Gasteiger partial charge in [-0.15, -0.1) is 0 Å². The third kappa shape index (κ3) is 7.27. The summed E-state index contributed by atoms with van der Waals surface area (Å²) in [5.41, 5.74) is 0. The third-order valence-electron chi connectivity index (χ3n) is 3.59. The highest BCUT2D eigenvalue weighted by atomic mass is 28.3. The number of allylic oxidation sites excluding steroid dienone is 2. The Morgan fingerprint density at radius 3 is 2.00 bits per heavy atom. The van der Waals surface area contributed by atoms with Gasteiger partial charge in [0.2, 0.25) is 0 Å². The Kier molecular flexibility index (Phi) is 6.41. The van der Waals surface area contributed by atoms with Crippen LogP contribution in [0.15, 0.2) is 12.2 Å². The minimum absolute atomic E-state index is 0.849. The van der Waals surface area contributed by atoms with Crippen LogP contribution < -0.4 is 0 Å². The molecule has 0 unspecified atom stereocenters. The molecule has 0 saturated heterocycles. The molecular formula is C15H30Si. The Labute approximate surface area is 104 Å². The zero-order chi connectivity index (χ0) is 11.9. The summed E-state index contributed by atoms with van der Waals surface area (Å²) < 4.78 is 0. The third-order valence-corrected chi connectivity index (χ3v) is 5.05. The normalized spacial score (nSPS) is 20.9. The summed E-state index contributed by atoms with van der Waals surface area (Å²) in [6, 6.07) is 1.36. The van der Waals surface area contributed by atoms with Crippen molar-refractivity contribution < 1.29 is 0 Å². The Balaban J connectivity index is 2.19. The van der Waals surface area contributed by atoms with Crippen LogP contribution >= 0.6 is 0 Å². The molecule has 1 saturated carbocycles. The van der Waals surface area contributed by atoms with Crippen molar-refractivity contribution in [3.63, 3.8) is 0 Å². The van der Waals surface area contributed by atoms with Gasteiger partial charge in [-0.3, -0.25) is 0 Å². The van der Waals surface area contributed by atoms with Crippen LogP contribution in [0.1, 0.15) is 51.4 Å². The van der Waals surface area contributed by atoms with Gasteiger partial charge in [-0.2, -0.15) is 0 Å². The Morgan fingerprint density at radius 2 is 1.44 bits per heavy atom. The van der Waals surface area contributed by atoms with Crippen LogP contribution in [-0.4, -0.2) is 8.07 Å². The fourth-order valence-electron chi connectivity index (χ4n) is 2.50. The van der Waals surface area contributed by atoms with Crippen molar-refractivity contribution in [2.75, 3.05) is 0 Å². The molecule has 0 aromatic carbocycles. The Morgan fingerprint density at radius 1 is 0.875 bits per heavy atom. The van der Waals surface area contributed by atoms with Crippen LogP contribution in [0.25, 0.3) is 0 Å². The van der Waals surface area contributed by atoms with E-state index in [0.717, 1.165) is 5.92 Å². The van der Waals surface area contributed by atoms with E-state index in [4.69, 9.17) is 0 Å². The van der Waals surface area contributed by atoms with Gasteiger partial charge >= 0.3 is 0 Å². The fraction of sp³-hybridized carbons (Fsp3) is 0.867. The van der Waals surface area contributed by atoms with E-state index in [1.165, 1.54) is 57.4 Å². The molecule has 0 aromatic heterocycles. The van der Waals surface area contributed by atoms with Gasteiger partial charge in [0.15, 0.2) is 0 Å². The van der Waals surface area contributed by atoms with Crippen LogP contribution in [0.5, 0.6) is 0 Å². The monoisotopic (exact) mass is 238 g/mol. The minimum atomic E-state index is -0.849. The van der Waals surface area contributed by atoms with Crippen molar-refractivity contribution in [3.8, 4) is 0 Å². The molecule has 0 spiro atoms. The van der Waals surface area contributed by atoms with Crippen molar-refractivity contribution in [3.05, 3.63) is 12.2 Å². The predicted molar refractivity (Wildman–Crippen MR) is 77.7 cm³/mol. The van der Waals surface area contributed by atoms with E-state index in [2.05, 4.69) is 31.8 Å². The van der Waals surface area contributed by atoms with Gasteiger partial charge in [-0.25, -0.2) is 0 Å². The second kappa shape index (κ2) is 7.32. The standard InChI is InChI=1S/C15H30Si/c1-16(2,3)14-10-9-13-15-11-7-5-4-6-8-12-15/h9-10,15H,4-8,11-14H2,1-3H3. The molecule has 0 bridgehead atoms. The van der Waals surface area contributed by atoms with Crippen molar-refractivity contribution in [2.24, 2.45) is 5.92 Å².